The topological polar surface area (TPSA) is 68.3 Å². The number of hydrogen-bond donors (Lipinski definition) is 1. The summed E-state index contributed by atoms with van der Waals surface area (Å²) in [4.78, 5) is 29.6. The monoisotopic (exact) mass is 412 g/mol. The van der Waals surface area contributed by atoms with Crippen LogP contribution < -0.4 is 5.32 Å². The number of amides is 1. The molecule has 5 nitrogen and oxygen atoms in total. The van der Waals surface area contributed by atoms with E-state index >= 15 is 0 Å². The summed E-state index contributed by atoms with van der Waals surface area (Å²) in [6.07, 6.45) is 7.36. The van der Waals surface area contributed by atoms with Crippen LogP contribution in [0, 0.1) is 17.8 Å². The lowest BCUT2D eigenvalue weighted by Gasteiger charge is -2.57. The Balaban J connectivity index is 1.13. The Morgan fingerprint density at radius 3 is 2.48 bits per heavy atom. The average Bonchev–Trinajstić information content (AvgIpc) is 3.08. The van der Waals surface area contributed by atoms with E-state index in [1.807, 2.05) is 24.3 Å². The Morgan fingerprint density at radius 1 is 1.17 bits per heavy atom. The second-order valence-corrected chi connectivity index (χ2v) is 10.5. The highest BCUT2D eigenvalue weighted by atomic mass is 32.1. The number of para-hydroxylation sites is 1. The second-order valence-electron chi connectivity index (χ2n) is 9.39. The quantitative estimate of drug-likeness (QED) is 0.721. The van der Waals surface area contributed by atoms with E-state index in [1.54, 1.807) is 18.3 Å². The summed E-state index contributed by atoms with van der Waals surface area (Å²) < 4.78 is 6.57. The van der Waals surface area contributed by atoms with Crippen molar-refractivity contribution in [2.45, 2.75) is 69.9 Å². The summed E-state index contributed by atoms with van der Waals surface area (Å²) >= 11 is 1.60. The van der Waals surface area contributed by atoms with E-state index in [4.69, 9.17) is 4.74 Å². The van der Waals surface area contributed by atoms with E-state index in [9.17, 15) is 9.59 Å². The third kappa shape index (κ3) is 3.91. The minimum Gasteiger partial charge on any atom is -0.453 e. The van der Waals surface area contributed by atoms with Crippen molar-refractivity contribution in [1.29, 1.82) is 0 Å². The van der Waals surface area contributed by atoms with Crippen LogP contribution in [0.5, 0.6) is 0 Å². The number of ether oxygens (including phenoxy) is 1. The van der Waals surface area contributed by atoms with Crippen LogP contribution in [0.25, 0.3) is 10.2 Å². The maximum absolute atomic E-state index is 12.8. The molecule has 1 aromatic heterocycles. The molecule has 4 saturated carbocycles. The minimum absolute atomic E-state index is 0.0481. The number of thiazole rings is 1. The predicted molar refractivity (Wildman–Crippen MR) is 113 cm³/mol. The number of nitrogens with zero attached hydrogens (tertiary/aromatic N) is 1. The number of hydrogen-bond acceptors (Lipinski definition) is 5. The van der Waals surface area contributed by atoms with Crippen molar-refractivity contribution in [3.05, 3.63) is 29.3 Å². The van der Waals surface area contributed by atoms with E-state index in [1.165, 1.54) is 19.3 Å². The summed E-state index contributed by atoms with van der Waals surface area (Å²) in [5, 5.41) is 4.22. The van der Waals surface area contributed by atoms with Gasteiger partial charge in [-0.3, -0.25) is 9.59 Å². The molecule has 0 saturated heterocycles. The fraction of sp³-hybridized carbons (Fsp3) is 0.609. The van der Waals surface area contributed by atoms with Gasteiger partial charge in [-0.15, -0.1) is 11.3 Å². The summed E-state index contributed by atoms with van der Waals surface area (Å²) in [6, 6.07) is 7.96. The van der Waals surface area contributed by atoms with Crippen LogP contribution >= 0.6 is 11.3 Å². The first-order chi connectivity index (χ1) is 14.0. The molecule has 0 aliphatic heterocycles. The van der Waals surface area contributed by atoms with Crippen LogP contribution in [0.15, 0.2) is 24.3 Å². The summed E-state index contributed by atoms with van der Waals surface area (Å²) in [5.41, 5.74) is 0.914. The number of rotatable bonds is 6. The van der Waals surface area contributed by atoms with Gasteiger partial charge in [-0.1, -0.05) is 12.1 Å². The molecule has 6 rings (SSSR count). The lowest BCUT2D eigenvalue weighted by Crippen LogP contribution is -2.61. The van der Waals surface area contributed by atoms with Gasteiger partial charge >= 0.3 is 5.97 Å². The van der Waals surface area contributed by atoms with Crippen LogP contribution in [0.3, 0.4) is 0 Å². The fourth-order valence-corrected chi connectivity index (χ4v) is 7.14. The van der Waals surface area contributed by atoms with Gasteiger partial charge in [0, 0.05) is 12.0 Å². The zero-order valence-electron chi connectivity index (χ0n) is 16.9. The zero-order chi connectivity index (χ0) is 20.0. The van der Waals surface area contributed by atoms with Crippen molar-refractivity contribution < 1.29 is 14.3 Å². The highest BCUT2D eigenvalue weighted by Crippen LogP contribution is 2.55. The first kappa shape index (κ1) is 19.0. The first-order valence-corrected chi connectivity index (χ1v) is 11.7. The molecule has 4 aliphatic carbocycles. The third-order valence-electron chi connectivity index (χ3n) is 6.99. The van der Waals surface area contributed by atoms with Gasteiger partial charge in [0.2, 0.25) is 0 Å². The number of carbonyl (C=O) groups excluding carboxylic acids is 2. The van der Waals surface area contributed by atoms with Gasteiger partial charge < -0.3 is 10.1 Å². The van der Waals surface area contributed by atoms with E-state index < -0.39 is 6.10 Å². The molecule has 2 aromatic rings. The maximum atomic E-state index is 12.8. The molecule has 4 fully saturated rings. The van der Waals surface area contributed by atoms with Crippen molar-refractivity contribution in [2.75, 3.05) is 0 Å². The summed E-state index contributed by atoms with van der Waals surface area (Å²) in [6.45, 7) is 1.69. The molecule has 0 radical (unpaired) electrons. The third-order valence-corrected chi connectivity index (χ3v) is 8.08. The van der Waals surface area contributed by atoms with Gasteiger partial charge in [-0.05, 0) is 75.3 Å². The molecule has 1 aromatic carbocycles. The standard InChI is InChI=1S/C23H28N2O3S/c1-14(22(27)25-23-11-15-8-16(12-23)10-17(9-15)13-23)28-21(26)7-6-20-24-18-4-2-3-5-19(18)29-20/h2-5,14-17H,6-13H2,1H3,(H,25,27)/t14-,15?,16?,17?,23?/m1/s1. The van der Waals surface area contributed by atoms with Crippen LogP contribution in [0.1, 0.15) is 56.9 Å². The number of nitrogens with one attached hydrogen (secondary N) is 1. The van der Waals surface area contributed by atoms with E-state index in [-0.39, 0.29) is 23.8 Å². The molecule has 1 N–H and O–H groups in total. The highest BCUT2D eigenvalue weighted by Gasteiger charge is 2.51. The maximum Gasteiger partial charge on any atom is 0.306 e. The van der Waals surface area contributed by atoms with Gasteiger partial charge in [0.25, 0.3) is 5.91 Å². The normalized spacial score (nSPS) is 31.0. The molecule has 1 amide bonds. The molecule has 154 valence electrons. The van der Waals surface area contributed by atoms with Crippen molar-refractivity contribution in [2.24, 2.45) is 17.8 Å². The van der Waals surface area contributed by atoms with E-state index in [0.717, 1.165) is 52.2 Å². The van der Waals surface area contributed by atoms with E-state index in [2.05, 4.69) is 10.3 Å². The largest absolute Gasteiger partial charge is 0.453 e. The Morgan fingerprint density at radius 2 is 1.83 bits per heavy atom. The Kier molecular flexibility index (Phi) is 4.85. The molecule has 0 spiro atoms. The number of aromatic nitrogens is 1. The molecule has 1 heterocycles. The molecule has 1 atom stereocenters. The van der Waals surface area contributed by atoms with Crippen molar-refractivity contribution in [3.8, 4) is 0 Å². The van der Waals surface area contributed by atoms with Crippen molar-refractivity contribution in [1.82, 2.24) is 10.3 Å². The number of benzene rings is 1. The van der Waals surface area contributed by atoms with Crippen molar-refractivity contribution >= 4 is 33.4 Å². The number of aryl methyl sites for hydroxylation is 1. The Hall–Kier alpha value is -1.95. The van der Waals surface area contributed by atoms with Gasteiger partial charge in [0.1, 0.15) is 0 Å². The molecule has 6 heteroatoms. The number of esters is 1. The molecular weight excluding hydrogens is 384 g/mol. The minimum atomic E-state index is -0.745. The van der Waals surface area contributed by atoms with Gasteiger partial charge in [0.05, 0.1) is 21.6 Å². The highest BCUT2D eigenvalue weighted by molar-refractivity contribution is 7.18. The van der Waals surface area contributed by atoms with Crippen LogP contribution in [-0.4, -0.2) is 28.5 Å². The van der Waals surface area contributed by atoms with Crippen LogP contribution in [-0.2, 0) is 20.7 Å². The van der Waals surface area contributed by atoms with Gasteiger partial charge in [-0.2, -0.15) is 0 Å². The van der Waals surface area contributed by atoms with E-state index in [0.29, 0.717) is 6.42 Å². The fourth-order valence-electron chi connectivity index (χ4n) is 6.17. The summed E-state index contributed by atoms with van der Waals surface area (Å²) in [5.74, 6) is 1.84. The smallest absolute Gasteiger partial charge is 0.306 e. The predicted octanol–water partition coefficient (Wildman–Crippen LogP) is 4.25. The number of fused-ring (bicyclic) bond motifs is 1. The molecule has 4 bridgehead atoms. The second kappa shape index (κ2) is 7.38. The lowest BCUT2D eigenvalue weighted by atomic mass is 9.53. The molecule has 4 aliphatic rings. The van der Waals surface area contributed by atoms with Crippen LogP contribution in [0.2, 0.25) is 0 Å². The van der Waals surface area contributed by atoms with Gasteiger partial charge in [-0.25, -0.2) is 4.98 Å². The SMILES string of the molecule is C[C@@H](OC(=O)CCc1nc2ccccc2s1)C(=O)NC12CC3CC(CC(C3)C1)C2. The molecular formula is C23H28N2O3S. The number of carbonyl (C=O) groups is 2. The lowest BCUT2D eigenvalue weighted by molar-refractivity contribution is -0.156. The zero-order valence-corrected chi connectivity index (χ0v) is 17.7. The first-order valence-electron chi connectivity index (χ1n) is 10.8. The average molecular weight is 413 g/mol. The molecule has 0 unspecified atom stereocenters. The Bertz CT molecular complexity index is 869. The van der Waals surface area contributed by atoms with Crippen LogP contribution in [0.4, 0.5) is 0 Å². The van der Waals surface area contributed by atoms with Gasteiger partial charge in [0.15, 0.2) is 6.10 Å². The van der Waals surface area contributed by atoms with Crippen molar-refractivity contribution in [3.63, 3.8) is 0 Å². The molecule has 29 heavy (non-hydrogen) atoms. The Labute approximate surface area is 175 Å². The summed E-state index contributed by atoms with van der Waals surface area (Å²) in [7, 11) is 0.